The van der Waals surface area contributed by atoms with Gasteiger partial charge in [0.1, 0.15) is 11.4 Å². The molecule has 0 fully saturated rings. The highest BCUT2D eigenvalue weighted by atomic mass is 15.2. The molecule has 36 heavy (non-hydrogen) atoms. The van der Waals surface area contributed by atoms with E-state index < -0.39 is 0 Å². The summed E-state index contributed by atoms with van der Waals surface area (Å²) in [6.07, 6.45) is 3.20. The van der Waals surface area contributed by atoms with Crippen molar-refractivity contribution < 1.29 is 0 Å². The van der Waals surface area contributed by atoms with E-state index in [1.807, 2.05) is 72.8 Å². The minimum Gasteiger partial charge on any atom is -0.192 e. The molecule has 0 radical (unpaired) electrons. The number of nitriles is 2. The predicted octanol–water partition coefficient (Wildman–Crippen LogP) is 5.78. The van der Waals surface area contributed by atoms with E-state index in [4.69, 9.17) is 10.5 Å². The molecule has 0 unspecified atom stereocenters. The van der Waals surface area contributed by atoms with Crippen LogP contribution in [0, 0.1) is 22.7 Å². The molecule has 0 spiro atoms. The molecule has 6 heteroatoms. The smallest absolute Gasteiger partial charge is 0.121 e. The Bertz CT molecular complexity index is 1420. The first-order chi connectivity index (χ1) is 17.8. The zero-order valence-electron chi connectivity index (χ0n) is 19.2. The van der Waals surface area contributed by atoms with Crippen molar-refractivity contribution in [2.45, 2.75) is 0 Å². The minimum absolute atomic E-state index is 0.539. The lowest BCUT2D eigenvalue weighted by Gasteiger charge is -2.08. The maximum Gasteiger partial charge on any atom is 0.121 e. The quantitative estimate of drug-likeness (QED) is 0.256. The van der Waals surface area contributed by atoms with Crippen LogP contribution in [0.2, 0.25) is 0 Å². The number of benzene rings is 4. The molecule has 170 valence electrons. The molecule has 0 aromatic heterocycles. The number of hydrogen-bond donors (Lipinski definition) is 0. The second-order valence-corrected chi connectivity index (χ2v) is 7.59. The van der Waals surface area contributed by atoms with Crippen molar-refractivity contribution >= 4 is 23.9 Å². The van der Waals surface area contributed by atoms with E-state index in [1.165, 1.54) is 0 Å². The second-order valence-electron chi connectivity index (χ2n) is 7.59. The Labute approximate surface area is 209 Å². The topological polar surface area (TPSA) is 97.0 Å². The zero-order chi connectivity index (χ0) is 25.0. The molecule has 0 amide bonds. The van der Waals surface area contributed by atoms with Gasteiger partial charge in [0.25, 0.3) is 0 Å². The summed E-state index contributed by atoms with van der Waals surface area (Å²) in [6, 6.07) is 37.8. The average molecular weight is 465 g/mol. The summed E-state index contributed by atoms with van der Waals surface area (Å²) < 4.78 is 0. The standard InChI is InChI=1S/C30H20N6/c31-19-23-9-7-11-25(17-23)21-33-35-29(27-13-3-1-4-14-27)30(28-15-5-2-6-16-28)36-34-22-26-12-8-10-24(18-26)20-32/h1-18,21-22H. The van der Waals surface area contributed by atoms with Gasteiger partial charge in [0.15, 0.2) is 0 Å². The van der Waals surface area contributed by atoms with Gasteiger partial charge in [0.2, 0.25) is 0 Å². The van der Waals surface area contributed by atoms with Crippen LogP contribution in [0.5, 0.6) is 0 Å². The van der Waals surface area contributed by atoms with Gasteiger partial charge in [-0.2, -0.15) is 20.7 Å². The highest BCUT2D eigenvalue weighted by molar-refractivity contribution is 6.53. The third-order valence-electron chi connectivity index (χ3n) is 5.08. The van der Waals surface area contributed by atoms with Crippen LogP contribution >= 0.6 is 0 Å². The molecule has 0 aliphatic heterocycles. The molecule has 4 rings (SSSR count). The maximum absolute atomic E-state index is 9.15. The van der Waals surface area contributed by atoms with Crippen molar-refractivity contribution in [1.29, 1.82) is 10.5 Å². The Morgan fingerprint density at radius 3 is 1.33 bits per heavy atom. The predicted molar refractivity (Wildman–Crippen MR) is 143 cm³/mol. The summed E-state index contributed by atoms with van der Waals surface area (Å²) in [4.78, 5) is 0. The molecular formula is C30H20N6. The number of hydrogen-bond acceptors (Lipinski definition) is 6. The molecule has 0 bridgehead atoms. The summed E-state index contributed by atoms with van der Waals surface area (Å²) in [5.74, 6) is 0. The van der Waals surface area contributed by atoms with E-state index in [0.717, 1.165) is 22.3 Å². The highest BCUT2D eigenvalue weighted by Crippen LogP contribution is 2.12. The molecule has 0 saturated heterocycles. The van der Waals surface area contributed by atoms with E-state index in [9.17, 15) is 0 Å². The van der Waals surface area contributed by atoms with Crippen LogP contribution in [0.15, 0.2) is 130 Å². The molecule has 0 atom stereocenters. The van der Waals surface area contributed by atoms with E-state index in [0.29, 0.717) is 22.6 Å². The van der Waals surface area contributed by atoms with Crippen molar-refractivity contribution in [1.82, 2.24) is 0 Å². The van der Waals surface area contributed by atoms with E-state index in [-0.39, 0.29) is 0 Å². The van der Waals surface area contributed by atoms with Gasteiger partial charge >= 0.3 is 0 Å². The fourth-order valence-electron chi connectivity index (χ4n) is 3.36. The third-order valence-corrected chi connectivity index (χ3v) is 5.08. The summed E-state index contributed by atoms with van der Waals surface area (Å²) >= 11 is 0. The monoisotopic (exact) mass is 464 g/mol. The van der Waals surface area contributed by atoms with Crippen LogP contribution in [0.25, 0.3) is 0 Å². The van der Waals surface area contributed by atoms with Gasteiger partial charge in [-0.3, -0.25) is 0 Å². The van der Waals surface area contributed by atoms with Crippen LogP contribution in [-0.2, 0) is 0 Å². The fraction of sp³-hybridized carbons (Fsp3) is 0. The fourth-order valence-corrected chi connectivity index (χ4v) is 3.36. The Hall–Kier alpha value is -5.46. The van der Waals surface area contributed by atoms with Gasteiger partial charge in [0.05, 0.1) is 35.7 Å². The summed E-state index contributed by atoms with van der Waals surface area (Å²) in [5, 5.41) is 36.0. The molecule has 0 N–H and O–H groups in total. The van der Waals surface area contributed by atoms with Gasteiger partial charge in [-0.1, -0.05) is 84.9 Å². The van der Waals surface area contributed by atoms with Crippen LogP contribution in [0.4, 0.5) is 0 Å². The Morgan fingerprint density at radius 2 is 0.944 bits per heavy atom. The highest BCUT2D eigenvalue weighted by Gasteiger charge is 2.15. The largest absolute Gasteiger partial charge is 0.192 e. The Morgan fingerprint density at radius 1 is 0.528 bits per heavy atom. The SMILES string of the molecule is N#Cc1cccc(C=NN=C(C(=NN=Cc2cccc(C#N)c2)c2ccccc2)c2ccccc2)c1. The molecule has 0 heterocycles. The average Bonchev–Trinajstić information content (AvgIpc) is 2.95. The van der Waals surface area contributed by atoms with Crippen molar-refractivity contribution in [2.24, 2.45) is 20.4 Å². The minimum atomic E-state index is 0.539. The third kappa shape index (κ3) is 6.32. The first-order valence-corrected chi connectivity index (χ1v) is 11.1. The van der Waals surface area contributed by atoms with Crippen molar-refractivity contribution in [3.63, 3.8) is 0 Å². The van der Waals surface area contributed by atoms with Crippen molar-refractivity contribution in [3.8, 4) is 12.1 Å². The summed E-state index contributed by atoms with van der Waals surface area (Å²) in [5.41, 5.74) is 5.35. The van der Waals surface area contributed by atoms with E-state index in [1.54, 1.807) is 48.8 Å². The van der Waals surface area contributed by atoms with Gasteiger partial charge < -0.3 is 0 Å². The van der Waals surface area contributed by atoms with E-state index >= 15 is 0 Å². The number of rotatable bonds is 7. The summed E-state index contributed by atoms with van der Waals surface area (Å²) in [6.45, 7) is 0. The van der Waals surface area contributed by atoms with Gasteiger partial charge in [-0.05, 0) is 35.4 Å². The first-order valence-electron chi connectivity index (χ1n) is 11.1. The van der Waals surface area contributed by atoms with Crippen LogP contribution in [0.3, 0.4) is 0 Å². The van der Waals surface area contributed by atoms with Crippen LogP contribution in [0.1, 0.15) is 33.4 Å². The zero-order valence-corrected chi connectivity index (χ0v) is 19.2. The van der Waals surface area contributed by atoms with Crippen molar-refractivity contribution in [3.05, 3.63) is 143 Å². The molecule has 0 saturated carbocycles. The molecule has 6 nitrogen and oxygen atoms in total. The van der Waals surface area contributed by atoms with E-state index in [2.05, 4.69) is 32.5 Å². The first kappa shape index (κ1) is 23.7. The van der Waals surface area contributed by atoms with Gasteiger partial charge in [0, 0.05) is 11.1 Å². The molecule has 0 aliphatic carbocycles. The second kappa shape index (κ2) is 12.1. The Balaban J connectivity index is 1.78. The molecule has 4 aromatic rings. The Kier molecular flexibility index (Phi) is 7.98. The normalized spacial score (nSPS) is 11.9. The molecule has 4 aromatic carbocycles. The summed E-state index contributed by atoms with van der Waals surface area (Å²) in [7, 11) is 0. The molecular weight excluding hydrogens is 444 g/mol. The van der Waals surface area contributed by atoms with Crippen LogP contribution in [-0.4, -0.2) is 23.9 Å². The van der Waals surface area contributed by atoms with Gasteiger partial charge in [-0.25, -0.2) is 0 Å². The number of nitrogens with zero attached hydrogens (tertiary/aromatic N) is 6. The lowest BCUT2D eigenvalue weighted by atomic mass is 10.00. The maximum atomic E-state index is 9.15. The van der Waals surface area contributed by atoms with Gasteiger partial charge in [-0.15, -0.1) is 10.2 Å². The molecule has 0 aliphatic rings. The lowest BCUT2D eigenvalue weighted by Crippen LogP contribution is -2.17. The van der Waals surface area contributed by atoms with Crippen LogP contribution < -0.4 is 0 Å². The lowest BCUT2D eigenvalue weighted by molar-refractivity contribution is 1.23. The van der Waals surface area contributed by atoms with Crippen molar-refractivity contribution in [2.75, 3.05) is 0 Å².